The minimum atomic E-state index is -0.518. The largest absolute Gasteiger partial charge is 0.497 e. The first kappa shape index (κ1) is 14.8. The Kier molecular flexibility index (Phi) is 5.44. The first-order chi connectivity index (χ1) is 8.49. The van der Waals surface area contributed by atoms with Gasteiger partial charge in [-0.05, 0) is 37.5 Å². The molecule has 3 unspecified atom stereocenters. The van der Waals surface area contributed by atoms with Crippen LogP contribution in [0.4, 0.5) is 0 Å². The fraction of sp³-hybridized carbons (Fsp3) is 0.571. The number of ether oxygens (including phenoxy) is 2. The van der Waals surface area contributed by atoms with Crippen molar-refractivity contribution in [2.24, 2.45) is 5.73 Å². The van der Waals surface area contributed by atoms with E-state index in [1.54, 1.807) is 21.1 Å². The lowest BCUT2D eigenvalue weighted by molar-refractivity contribution is 0.134. The third kappa shape index (κ3) is 3.62. The highest BCUT2D eigenvalue weighted by atomic mass is 16.5. The second-order valence-corrected chi connectivity index (χ2v) is 4.67. The van der Waals surface area contributed by atoms with Crippen LogP contribution in [0.3, 0.4) is 0 Å². The van der Waals surface area contributed by atoms with E-state index in [0.717, 1.165) is 17.1 Å². The molecule has 1 aromatic rings. The van der Waals surface area contributed by atoms with Gasteiger partial charge in [-0.2, -0.15) is 0 Å². The van der Waals surface area contributed by atoms with E-state index in [9.17, 15) is 5.11 Å². The van der Waals surface area contributed by atoms with Gasteiger partial charge in [0.25, 0.3) is 0 Å². The minimum Gasteiger partial charge on any atom is -0.497 e. The fourth-order valence-corrected chi connectivity index (χ4v) is 1.93. The lowest BCUT2D eigenvalue weighted by Gasteiger charge is -2.21. The molecule has 18 heavy (non-hydrogen) atoms. The fourth-order valence-electron chi connectivity index (χ4n) is 1.93. The topological polar surface area (TPSA) is 64.7 Å². The van der Waals surface area contributed by atoms with E-state index in [4.69, 9.17) is 15.2 Å². The van der Waals surface area contributed by atoms with Gasteiger partial charge in [-0.15, -0.1) is 0 Å². The van der Waals surface area contributed by atoms with Crippen LogP contribution in [0, 0.1) is 0 Å². The predicted molar refractivity (Wildman–Crippen MR) is 72.2 cm³/mol. The van der Waals surface area contributed by atoms with Crippen molar-refractivity contribution in [2.45, 2.75) is 38.3 Å². The van der Waals surface area contributed by atoms with Crippen molar-refractivity contribution in [1.82, 2.24) is 0 Å². The van der Waals surface area contributed by atoms with Gasteiger partial charge in [-0.1, -0.05) is 6.92 Å². The van der Waals surface area contributed by atoms with Crippen molar-refractivity contribution in [3.05, 3.63) is 23.8 Å². The van der Waals surface area contributed by atoms with Crippen molar-refractivity contribution in [1.29, 1.82) is 0 Å². The maximum Gasteiger partial charge on any atom is 0.122 e. The highest BCUT2D eigenvalue weighted by molar-refractivity contribution is 5.42. The molecule has 4 nitrogen and oxygen atoms in total. The molecule has 1 rings (SSSR count). The second-order valence-electron chi connectivity index (χ2n) is 4.67. The molecule has 0 radical (unpaired) electrons. The number of benzene rings is 1. The van der Waals surface area contributed by atoms with E-state index in [0.29, 0.717) is 6.42 Å². The molecule has 0 spiro atoms. The normalized spacial score (nSPS) is 15.9. The van der Waals surface area contributed by atoms with E-state index in [-0.39, 0.29) is 12.0 Å². The number of aliphatic hydroxyl groups excluding tert-OH is 1. The molecule has 102 valence electrons. The predicted octanol–water partition coefficient (Wildman–Crippen LogP) is 1.91. The Labute approximate surface area is 109 Å². The van der Waals surface area contributed by atoms with E-state index in [1.165, 1.54) is 0 Å². The third-order valence-electron chi connectivity index (χ3n) is 3.17. The first-order valence-electron chi connectivity index (χ1n) is 6.15. The SMILES string of the molecule is COc1ccc(OC)c(C(C)CC(O)C(C)N)c1. The lowest BCUT2D eigenvalue weighted by atomic mass is 9.92. The number of hydrogen-bond donors (Lipinski definition) is 2. The van der Waals surface area contributed by atoms with Gasteiger partial charge in [-0.25, -0.2) is 0 Å². The molecule has 1 aromatic carbocycles. The summed E-state index contributed by atoms with van der Waals surface area (Å²) in [5.74, 6) is 1.74. The van der Waals surface area contributed by atoms with Gasteiger partial charge in [0.2, 0.25) is 0 Å². The molecule has 0 aliphatic rings. The monoisotopic (exact) mass is 253 g/mol. The Morgan fingerprint density at radius 1 is 1.22 bits per heavy atom. The number of rotatable bonds is 6. The van der Waals surface area contributed by atoms with Crippen molar-refractivity contribution < 1.29 is 14.6 Å². The second kappa shape index (κ2) is 6.61. The van der Waals surface area contributed by atoms with Crippen LogP contribution in [0.2, 0.25) is 0 Å². The molecule has 0 heterocycles. The van der Waals surface area contributed by atoms with Crippen LogP contribution in [0.15, 0.2) is 18.2 Å². The zero-order valence-corrected chi connectivity index (χ0v) is 11.5. The molecule has 0 amide bonds. The number of nitrogens with two attached hydrogens (primary N) is 1. The van der Waals surface area contributed by atoms with Crippen LogP contribution in [-0.2, 0) is 0 Å². The summed E-state index contributed by atoms with van der Waals surface area (Å²) in [6.45, 7) is 3.85. The minimum absolute atomic E-state index is 0.149. The average molecular weight is 253 g/mol. The summed E-state index contributed by atoms with van der Waals surface area (Å²) in [4.78, 5) is 0. The van der Waals surface area contributed by atoms with Crippen LogP contribution >= 0.6 is 0 Å². The molecule has 0 aliphatic heterocycles. The van der Waals surface area contributed by atoms with E-state index >= 15 is 0 Å². The van der Waals surface area contributed by atoms with Crippen molar-refractivity contribution in [3.63, 3.8) is 0 Å². The average Bonchev–Trinajstić information content (AvgIpc) is 2.37. The van der Waals surface area contributed by atoms with Crippen LogP contribution in [0.1, 0.15) is 31.7 Å². The molecule has 0 aromatic heterocycles. The molecule has 0 bridgehead atoms. The van der Waals surface area contributed by atoms with Crippen LogP contribution in [0.5, 0.6) is 11.5 Å². The van der Waals surface area contributed by atoms with Gasteiger partial charge in [0, 0.05) is 11.6 Å². The standard InChI is InChI=1S/C14H23NO3/c1-9(7-13(16)10(2)15)12-8-11(17-3)5-6-14(12)18-4/h5-6,8-10,13,16H,7,15H2,1-4H3. The Balaban J connectivity index is 2.91. The molecule has 0 saturated heterocycles. The summed E-state index contributed by atoms with van der Waals surface area (Å²) < 4.78 is 10.6. The molecule has 0 aliphatic carbocycles. The van der Waals surface area contributed by atoms with Crippen LogP contribution in [0.25, 0.3) is 0 Å². The van der Waals surface area contributed by atoms with E-state index in [1.807, 2.05) is 25.1 Å². The van der Waals surface area contributed by atoms with Crippen LogP contribution < -0.4 is 15.2 Å². The highest BCUT2D eigenvalue weighted by Gasteiger charge is 2.18. The number of hydrogen-bond acceptors (Lipinski definition) is 4. The number of aliphatic hydroxyl groups is 1. The quantitative estimate of drug-likeness (QED) is 0.812. The molecule has 0 saturated carbocycles. The Hall–Kier alpha value is -1.26. The summed E-state index contributed by atoms with van der Waals surface area (Å²) in [6.07, 6.45) is 0.0807. The van der Waals surface area contributed by atoms with E-state index < -0.39 is 6.10 Å². The summed E-state index contributed by atoms with van der Waals surface area (Å²) >= 11 is 0. The Morgan fingerprint density at radius 2 is 1.89 bits per heavy atom. The van der Waals surface area contributed by atoms with Gasteiger partial charge in [-0.3, -0.25) is 0 Å². The van der Waals surface area contributed by atoms with Gasteiger partial charge >= 0.3 is 0 Å². The maximum absolute atomic E-state index is 9.85. The van der Waals surface area contributed by atoms with Crippen molar-refractivity contribution in [2.75, 3.05) is 14.2 Å². The Morgan fingerprint density at radius 3 is 2.39 bits per heavy atom. The molecular formula is C14H23NO3. The summed E-state index contributed by atoms with van der Waals surface area (Å²) in [5, 5.41) is 9.85. The third-order valence-corrected chi connectivity index (χ3v) is 3.17. The zero-order chi connectivity index (χ0) is 13.7. The van der Waals surface area contributed by atoms with Crippen LogP contribution in [-0.4, -0.2) is 31.5 Å². The summed E-state index contributed by atoms with van der Waals surface area (Å²) in [7, 11) is 3.27. The van der Waals surface area contributed by atoms with E-state index in [2.05, 4.69) is 0 Å². The smallest absolute Gasteiger partial charge is 0.122 e. The first-order valence-corrected chi connectivity index (χ1v) is 6.15. The van der Waals surface area contributed by atoms with Gasteiger partial charge < -0.3 is 20.3 Å². The molecule has 3 atom stereocenters. The molecular weight excluding hydrogens is 230 g/mol. The summed E-state index contributed by atoms with van der Waals surface area (Å²) in [5.41, 5.74) is 6.71. The van der Waals surface area contributed by atoms with Crippen molar-refractivity contribution >= 4 is 0 Å². The Bertz CT molecular complexity index is 379. The van der Waals surface area contributed by atoms with Gasteiger partial charge in [0.1, 0.15) is 11.5 Å². The highest BCUT2D eigenvalue weighted by Crippen LogP contribution is 2.33. The van der Waals surface area contributed by atoms with Gasteiger partial charge in [0.15, 0.2) is 0 Å². The van der Waals surface area contributed by atoms with Gasteiger partial charge in [0.05, 0.1) is 20.3 Å². The molecule has 0 fully saturated rings. The summed E-state index contributed by atoms with van der Waals surface area (Å²) in [6, 6.07) is 5.45. The van der Waals surface area contributed by atoms with Crippen molar-refractivity contribution in [3.8, 4) is 11.5 Å². The molecule has 4 heteroatoms. The number of methoxy groups -OCH3 is 2. The zero-order valence-electron chi connectivity index (χ0n) is 11.5. The lowest BCUT2D eigenvalue weighted by Crippen LogP contribution is -2.32. The maximum atomic E-state index is 9.85. The molecule has 3 N–H and O–H groups in total.